The quantitative estimate of drug-likeness (QED) is 0.181. The van der Waals surface area contributed by atoms with Crippen molar-refractivity contribution < 1.29 is 9.53 Å². The van der Waals surface area contributed by atoms with Crippen molar-refractivity contribution >= 4 is 5.97 Å². The SMILES string of the molecule is CCCCCCCCc1ccc(OC(=O)c2ccc(C3CCC(CCC)CC3)cc2)c(C#N)c1. The summed E-state index contributed by atoms with van der Waals surface area (Å²) in [6.07, 6.45) is 16.2. The highest BCUT2D eigenvalue weighted by atomic mass is 16.5. The molecule has 1 saturated carbocycles. The molecule has 34 heavy (non-hydrogen) atoms. The predicted molar refractivity (Wildman–Crippen MR) is 139 cm³/mol. The third-order valence-corrected chi connectivity index (χ3v) is 7.35. The summed E-state index contributed by atoms with van der Waals surface area (Å²) in [4.78, 5) is 12.7. The minimum absolute atomic E-state index is 0.345. The first-order chi connectivity index (χ1) is 16.6. The Kier molecular flexibility index (Phi) is 10.7. The molecule has 0 amide bonds. The van der Waals surface area contributed by atoms with Crippen LogP contribution in [-0.4, -0.2) is 5.97 Å². The Morgan fingerprint density at radius 1 is 0.912 bits per heavy atom. The van der Waals surface area contributed by atoms with Crippen LogP contribution in [0.4, 0.5) is 0 Å². The molecule has 0 unspecified atom stereocenters. The third-order valence-electron chi connectivity index (χ3n) is 7.35. The average molecular weight is 460 g/mol. The van der Waals surface area contributed by atoms with Crippen LogP contribution in [0.2, 0.25) is 0 Å². The molecular formula is C31H41NO2. The Balaban J connectivity index is 1.53. The molecule has 0 heterocycles. The van der Waals surface area contributed by atoms with Gasteiger partial charge in [0.1, 0.15) is 11.8 Å². The Morgan fingerprint density at radius 2 is 1.62 bits per heavy atom. The molecular weight excluding hydrogens is 418 g/mol. The molecule has 0 radical (unpaired) electrons. The molecule has 0 N–H and O–H groups in total. The summed E-state index contributed by atoms with van der Waals surface area (Å²) in [6.45, 7) is 4.50. The van der Waals surface area contributed by atoms with Crippen LogP contribution in [0.1, 0.15) is 124 Å². The predicted octanol–water partition coefficient (Wildman–Crippen LogP) is 8.75. The normalized spacial score (nSPS) is 17.8. The van der Waals surface area contributed by atoms with Gasteiger partial charge in [-0.1, -0.05) is 77.0 Å². The maximum absolute atomic E-state index is 12.7. The first-order valence-electron chi connectivity index (χ1n) is 13.5. The minimum atomic E-state index is -0.404. The maximum Gasteiger partial charge on any atom is 0.343 e. The van der Waals surface area contributed by atoms with Gasteiger partial charge >= 0.3 is 5.97 Å². The van der Waals surface area contributed by atoms with Gasteiger partial charge in [0.05, 0.1) is 11.1 Å². The third kappa shape index (κ3) is 7.73. The number of ether oxygens (including phenoxy) is 1. The van der Waals surface area contributed by atoms with E-state index in [1.165, 1.54) is 76.2 Å². The van der Waals surface area contributed by atoms with E-state index < -0.39 is 5.97 Å². The van der Waals surface area contributed by atoms with Crippen LogP contribution in [0, 0.1) is 17.2 Å². The molecule has 3 rings (SSSR count). The monoisotopic (exact) mass is 459 g/mol. The number of carbonyl (C=O) groups excluding carboxylic acids is 1. The number of unbranched alkanes of at least 4 members (excludes halogenated alkanes) is 5. The summed E-state index contributed by atoms with van der Waals surface area (Å²) in [6, 6.07) is 15.7. The van der Waals surface area contributed by atoms with E-state index in [2.05, 4.69) is 32.0 Å². The molecule has 2 aromatic carbocycles. The van der Waals surface area contributed by atoms with Crippen LogP contribution >= 0.6 is 0 Å². The highest BCUT2D eigenvalue weighted by Crippen LogP contribution is 2.37. The van der Waals surface area contributed by atoms with Gasteiger partial charge in [0.25, 0.3) is 0 Å². The van der Waals surface area contributed by atoms with Crippen molar-refractivity contribution in [2.45, 2.75) is 103 Å². The molecule has 3 nitrogen and oxygen atoms in total. The molecule has 0 saturated heterocycles. The van der Waals surface area contributed by atoms with E-state index in [0.717, 1.165) is 24.3 Å². The van der Waals surface area contributed by atoms with Crippen molar-refractivity contribution in [3.63, 3.8) is 0 Å². The van der Waals surface area contributed by atoms with Gasteiger partial charge in [-0.25, -0.2) is 4.79 Å². The molecule has 0 aliphatic heterocycles. The van der Waals surface area contributed by atoms with E-state index in [1.54, 1.807) is 6.07 Å². The fourth-order valence-electron chi connectivity index (χ4n) is 5.26. The van der Waals surface area contributed by atoms with E-state index >= 15 is 0 Å². The van der Waals surface area contributed by atoms with Gasteiger partial charge in [-0.05, 0) is 85.8 Å². The summed E-state index contributed by atoms with van der Waals surface area (Å²) in [5.41, 5.74) is 3.41. The zero-order chi connectivity index (χ0) is 24.2. The number of esters is 1. The molecule has 182 valence electrons. The van der Waals surface area contributed by atoms with E-state index in [9.17, 15) is 10.1 Å². The number of nitriles is 1. The van der Waals surface area contributed by atoms with Crippen LogP contribution < -0.4 is 4.74 Å². The lowest BCUT2D eigenvalue weighted by Crippen LogP contribution is -2.14. The summed E-state index contributed by atoms with van der Waals surface area (Å²) in [5.74, 6) is 1.43. The molecule has 1 fully saturated rings. The molecule has 2 aromatic rings. The molecule has 0 bridgehead atoms. The number of benzene rings is 2. The van der Waals surface area contributed by atoms with E-state index in [4.69, 9.17) is 4.74 Å². The van der Waals surface area contributed by atoms with Gasteiger partial charge in [-0.2, -0.15) is 5.26 Å². The Labute approximate surface area is 206 Å². The van der Waals surface area contributed by atoms with Crippen LogP contribution in [0.15, 0.2) is 42.5 Å². The molecule has 3 heteroatoms. The van der Waals surface area contributed by atoms with E-state index in [0.29, 0.717) is 22.8 Å². The van der Waals surface area contributed by atoms with Gasteiger partial charge in [-0.15, -0.1) is 0 Å². The Hall–Kier alpha value is -2.60. The summed E-state index contributed by atoms with van der Waals surface area (Å²) in [7, 11) is 0. The second-order valence-corrected chi connectivity index (χ2v) is 9.98. The molecule has 1 aliphatic carbocycles. The lowest BCUT2D eigenvalue weighted by molar-refractivity contribution is 0.0734. The van der Waals surface area contributed by atoms with Crippen molar-refractivity contribution in [3.8, 4) is 11.8 Å². The highest BCUT2D eigenvalue weighted by molar-refractivity contribution is 5.91. The maximum atomic E-state index is 12.7. The van der Waals surface area contributed by atoms with Crippen molar-refractivity contribution in [2.75, 3.05) is 0 Å². The Bertz CT molecular complexity index is 933. The minimum Gasteiger partial charge on any atom is -0.422 e. The lowest BCUT2D eigenvalue weighted by atomic mass is 9.77. The summed E-state index contributed by atoms with van der Waals surface area (Å²) < 4.78 is 5.61. The lowest BCUT2D eigenvalue weighted by Gasteiger charge is -2.28. The van der Waals surface area contributed by atoms with Crippen LogP contribution in [0.3, 0.4) is 0 Å². The number of rotatable bonds is 12. The average Bonchev–Trinajstić information content (AvgIpc) is 2.87. The molecule has 0 aromatic heterocycles. The number of hydrogen-bond donors (Lipinski definition) is 0. The van der Waals surface area contributed by atoms with Crippen molar-refractivity contribution in [2.24, 2.45) is 5.92 Å². The van der Waals surface area contributed by atoms with Crippen molar-refractivity contribution in [3.05, 3.63) is 64.7 Å². The molecule has 1 aliphatic rings. The first kappa shape index (κ1) is 26.0. The van der Waals surface area contributed by atoms with Gasteiger partial charge in [0.15, 0.2) is 0 Å². The van der Waals surface area contributed by atoms with Gasteiger partial charge in [0, 0.05) is 0 Å². The molecule has 0 spiro atoms. The molecule has 0 atom stereocenters. The second kappa shape index (κ2) is 14.0. The Morgan fingerprint density at radius 3 is 2.29 bits per heavy atom. The van der Waals surface area contributed by atoms with Gasteiger partial charge in [0.2, 0.25) is 0 Å². The fourth-order valence-corrected chi connectivity index (χ4v) is 5.26. The zero-order valence-corrected chi connectivity index (χ0v) is 21.2. The first-order valence-corrected chi connectivity index (χ1v) is 13.5. The number of hydrogen-bond acceptors (Lipinski definition) is 3. The fraction of sp³-hybridized carbons (Fsp3) is 0.548. The second-order valence-electron chi connectivity index (χ2n) is 9.98. The summed E-state index contributed by atoms with van der Waals surface area (Å²) in [5, 5.41) is 9.59. The van der Waals surface area contributed by atoms with Crippen LogP contribution in [0.25, 0.3) is 0 Å². The van der Waals surface area contributed by atoms with Gasteiger partial charge in [-0.3, -0.25) is 0 Å². The summed E-state index contributed by atoms with van der Waals surface area (Å²) >= 11 is 0. The topological polar surface area (TPSA) is 50.1 Å². The van der Waals surface area contributed by atoms with E-state index in [1.807, 2.05) is 24.3 Å². The van der Waals surface area contributed by atoms with Gasteiger partial charge < -0.3 is 4.74 Å². The largest absolute Gasteiger partial charge is 0.422 e. The van der Waals surface area contributed by atoms with Crippen LogP contribution in [-0.2, 0) is 6.42 Å². The zero-order valence-electron chi connectivity index (χ0n) is 21.2. The van der Waals surface area contributed by atoms with Crippen molar-refractivity contribution in [1.82, 2.24) is 0 Å². The number of aryl methyl sites for hydroxylation is 1. The number of nitrogens with zero attached hydrogens (tertiary/aromatic N) is 1. The highest BCUT2D eigenvalue weighted by Gasteiger charge is 2.22. The van der Waals surface area contributed by atoms with Crippen molar-refractivity contribution in [1.29, 1.82) is 5.26 Å². The smallest absolute Gasteiger partial charge is 0.343 e. The standard InChI is InChI=1S/C31H41NO2/c1-3-5-6-7-8-9-11-25-14-21-30(29(22-25)23-32)34-31(33)28-19-17-27(18-20-28)26-15-12-24(10-4-2)13-16-26/h14,17-22,24,26H,3-13,15-16H2,1-2H3. The van der Waals surface area contributed by atoms with Crippen LogP contribution in [0.5, 0.6) is 5.75 Å². The number of carbonyl (C=O) groups is 1. The van der Waals surface area contributed by atoms with E-state index in [-0.39, 0.29) is 0 Å².